The number of halogens is 2. The maximum Gasteiger partial charge on any atom is 0.344 e. The van der Waals surface area contributed by atoms with Crippen LogP contribution in [0.1, 0.15) is 12.8 Å². The molecule has 0 aliphatic rings. The Morgan fingerprint density at radius 3 is 2.48 bits per heavy atom. The van der Waals surface area contributed by atoms with E-state index < -0.39 is 11.7 Å². The summed E-state index contributed by atoms with van der Waals surface area (Å²) in [7, 11) is 0. The highest BCUT2D eigenvalue weighted by molar-refractivity contribution is 8.93. The minimum Gasteiger partial charge on any atom is -0.422 e. The predicted octanol–water partition coefficient (Wildman–Crippen LogP) is 3.14. The molecule has 10 heteroatoms. The molecule has 1 atom stereocenters. The molecule has 1 aromatic heterocycles. The lowest BCUT2D eigenvalue weighted by atomic mass is 10.1. The van der Waals surface area contributed by atoms with Crippen LogP contribution >= 0.6 is 34.0 Å². The number of carbonyl (C=O) groups excluding carboxylic acids is 1. The van der Waals surface area contributed by atoms with Crippen LogP contribution in [0.5, 0.6) is 0 Å². The standard InChI is InChI=1S/C21H23N5O3.2BrH/c22-17(7-4-10-25-21(23)24)19(27)26-15-9-8-14-11-16(13-5-2-1-3-6-13)20(28)29-18(14)12-15;;/h1-3,5-6,8-9,11-12,17H,4,7,10,22H2,(H,26,27)(H4,23,24,25);2*1H/t17-;;/m0../s1. The highest BCUT2D eigenvalue weighted by atomic mass is 79.9. The van der Waals surface area contributed by atoms with Gasteiger partial charge in [0.15, 0.2) is 5.96 Å². The Hall–Kier alpha value is -2.69. The van der Waals surface area contributed by atoms with E-state index in [4.69, 9.17) is 21.3 Å². The zero-order valence-electron chi connectivity index (χ0n) is 16.6. The molecule has 0 saturated carbocycles. The molecular formula is C21H25Br2N5O3. The summed E-state index contributed by atoms with van der Waals surface area (Å²) in [5.41, 5.74) is 12.8. The molecule has 0 radical (unpaired) electrons. The first-order valence-electron chi connectivity index (χ1n) is 9.22. The first kappa shape index (κ1) is 26.3. The number of fused-ring (bicyclic) bond motifs is 1. The lowest BCUT2D eigenvalue weighted by Crippen LogP contribution is -2.37. The Labute approximate surface area is 200 Å². The Morgan fingerprint density at radius 2 is 1.81 bits per heavy atom. The van der Waals surface area contributed by atoms with Gasteiger partial charge in [-0.05, 0) is 36.6 Å². The number of anilines is 1. The smallest absolute Gasteiger partial charge is 0.344 e. The number of nitrogens with two attached hydrogens (primary N) is 2. The molecule has 0 unspecified atom stereocenters. The number of nitrogens with one attached hydrogen (secondary N) is 3. The second-order valence-corrected chi connectivity index (χ2v) is 6.64. The van der Waals surface area contributed by atoms with Crippen LogP contribution in [-0.2, 0) is 4.79 Å². The fourth-order valence-electron chi connectivity index (χ4n) is 2.92. The van der Waals surface area contributed by atoms with E-state index in [9.17, 15) is 9.59 Å². The molecular weight excluding hydrogens is 530 g/mol. The van der Waals surface area contributed by atoms with Crippen molar-refractivity contribution in [3.8, 4) is 11.1 Å². The first-order valence-corrected chi connectivity index (χ1v) is 9.22. The molecule has 0 spiro atoms. The Balaban J connectivity index is 0.00000240. The van der Waals surface area contributed by atoms with Crippen molar-refractivity contribution in [2.24, 2.45) is 11.5 Å². The number of guanidine groups is 1. The highest BCUT2D eigenvalue weighted by Gasteiger charge is 2.14. The number of benzene rings is 2. The molecule has 7 N–H and O–H groups in total. The van der Waals surface area contributed by atoms with Gasteiger partial charge >= 0.3 is 5.63 Å². The van der Waals surface area contributed by atoms with Crippen molar-refractivity contribution in [1.82, 2.24) is 5.32 Å². The van der Waals surface area contributed by atoms with Gasteiger partial charge in [0.1, 0.15) is 5.58 Å². The van der Waals surface area contributed by atoms with Gasteiger partial charge in [-0.25, -0.2) is 4.79 Å². The van der Waals surface area contributed by atoms with Gasteiger partial charge in [-0.3, -0.25) is 10.2 Å². The fourth-order valence-corrected chi connectivity index (χ4v) is 2.92. The van der Waals surface area contributed by atoms with Crippen molar-refractivity contribution in [2.45, 2.75) is 18.9 Å². The number of rotatable bonds is 7. The lowest BCUT2D eigenvalue weighted by molar-refractivity contribution is -0.117. The van der Waals surface area contributed by atoms with Crippen molar-refractivity contribution in [2.75, 3.05) is 11.9 Å². The van der Waals surface area contributed by atoms with Gasteiger partial charge in [0.05, 0.1) is 11.6 Å². The van der Waals surface area contributed by atoms with E-state index in [1.54, 1.807) is 24.3 Å². The maximum absolute atomic E-state index is 12.4. The summed E-state index contributed by atoms with van der Waals surface area (Å²) in [4.78, 5) is 24.6. The summed E-state index contributed by atoms with van der Waals surface area (Å²) in [5, 5.41) is 13.2. The summed E-state index contributed by atoms with van der Waals surface area (Å²) in [6.45, 7) is 0.473. The quantitative estimate of drug-likeness (QED) is 0.131. The average molecular weight is 555 g/mol. The van der Waals surface area contributed by atoms with E-state index in [1.807, 2.05) is 30.3 Å². The summed E-state index contributed by atoms with van der Waals surface area (Å²) in [6, 6.07) is 15.5. The van der Waals surface area contributed by atoms with E-state index in [-0.39, 0.29) is 45.8 Å². The molecule has 0 aliphatic carbocycles. The normalized spacial score (nSPS) is 11.0. The number of hydrogen-bond donors (Lipinski definition) is 5. The molecule has 0 saturated heterocycles. The zero-order valence-corrected chi connectivity index (χ0v) is 20.0. The van der Waals surface area contributed by atoms with Crippen molar-refractivity contribution in [3.63, 3.8) is 0 Å². The lowest BCUT2D eigenvalue weighted by Gasteiger charge is -2.13. The van der Waals surface area contributed by atoms with E-state index in [0.717, 1.165) is 10.9 Å². The fraction of sp³-hybridized carbons (Fsp3) is 0.190. The SMILES string of the molecule is Br.Br.N=C(N)NCCC[C@H](N)C(=O)Nc1ccc2cc(-c3ccccc3)c(=O)oc2c1. The molecule has 31 heavy (non-hydrogen) atoms. The predicted molar refractivity (Wildman–Crippen MR) is 134 cm³/mol. The van der Waals surface area contributed by atoms with E-state index in [1.165, 1.54) is 0 Å². The third kappa shape index (κ3) is 7.20. The molecule has 0 bridgehead atoms. The highest BCUT2D eigenvalue weighted by Crippen LogP contribution is 2.23. The molecule has 0 aliphatic heterocycles. The van der Waals surface area contributed by atoms with Crippen LogP contribution < -0.4 is 27.7 Å². The third-order valence-corrected chi connectivity index (χ3v) is 4.43. The van der Waals surface area contributed by atoms with Gasteiger partial charge in [-0.15, -0.1) is 34.0 Å². The average Bonchev–Trinajstić information content (AvgIpc) is 2.71. The van der Waals surface area contributed by atoms with Gasteiger partial charge in [0, 0.05) is 23.7 Å². The number of carbonyl (C=O) groups is 1. The van der Waals surface area contributed by atoms with Crippen LogP contribution in [0.25, 0.3) is 22.1 Å². The summed E-state index contributed by atoms with van der Waals surface area (Å²) in [6.07, 6.45) is 1.04. The van der Waals surface area contributed by atoms with Crippen LogP contribution in [0.2, 0.25) is 0 Å². The molecule has 166 valence electrons. The van der Waals surface area contributed by atoms with Crippen LogP contribution in [-0.4, -0.2) is 24.5 Å². The Morgan fingerprint density at radius 1 is 1.10 bits per heavy atom. The molecule has 2 aromatic carbocycles. The minimum absolute atomic E-state index is 0. The second-order valence-electron chi connectivity index (χ2n) is 6.64. The largest absolute Gasteiger partial charge is 0.422 e. The topological polar surface area (TPSA) is 147 Å². The summed E-state index contributed by atoms with van der Waals surface area (Å²) < 4.78 is 5.45. The van der Waals surface area contributed by atoms with E-state index in [0.29, 0.717) is 36.2 Å². The molecule has 8 nitrogen and oxygen atoms in total. The minimum atomic E-state index is -0.702. The van der Waals surface area contributed by atoms with Gasteiger partial charge < -0.3 is 26.5 Å². The van der Waals surface area contributed by atoms with Crippen LogP contribution in [0, 0.1) is 5.41 Å². The summed E-state index contributed by atoms with van der Waals surface area (Å²) >= 11 is 0. The molecule has 3 rings (SSSR count). The zero-order chi connectivity index (χ0) is 20.8. The van der Waals surface area contributed by atoms with Crippen molar-refractivity contribution in [3.05, 3.63) is 65.0 Å². The van der Waals surface area contributed by atoms with Crippen LogP contribution in [0.15, 0.2) is 63.8 Å². The van der Waals surface area contributed by atoms with Crippen molar-refractivity contribution in [1.29, 1.82) is 5.41 Å². The molecule has 1 heterocycles. The van der Waals surface area contributed by atoms with Gasteiger partial charge in [-0.2, -0.15) is 0 Å². The van der Waals surface area contributed by atoms with Gasteiger partial charge in [-0.1, -0.05) is 30.3 Å². The molecule has 1 amide bonds. The summed E-state index contributed by atoms with van der Waals surface area (Å²) in [5.74, 6) is -0.452. The van der Waals surface area contributed by atoms with Crippen molar-refractivity contribution < 1.29 is 9.21 Å². The maximum atomic E-state index is 12.4. The molecule has 0 fully saturated rings. The van der Waals surface area contributed by atoms with Crippen molar-refractivity contribution >= 4 is 62.5 Å². The van der Waals surface area contributed by atoms with Gasteiger partial charge in [0.2, 0.25) is 5.91 Å². The Kier molecular flexibility index (Phi) is 10.4. The van der Waals surface area contributed by atoms with Crippen LogP contribution in [0.3, 0.4) is 0 Å². The Bertz CT molecular complexity index is 1090. The van der Waals surface area contributed by atoms with Gasteiger partial charge in [0.25, 0.3) is 0 Å². The van der Waals surface area contributed by atoms with E-state index >= 15 is 0 Å². The third-order valence-electron chi connectivity index (χ3n) is 4.43. The van der Waals surface area contributed by atoms with Crippen LogP contribution in [0.4, 0.5) is 5.69 Å². The second kappa shape index (κ2) is 12.2. The number of amides is 1. The first-order chi connectivity index (χ1) is 13.9. The molecule has 3 aromatic rings. The monoisotopic (exact) mass is 553 g/mol. The van der Waals surface area contributed by atoms with E-state index in [2.05, 4.69) is 10.6 Å². The number of hydrogen-bond acceptors (Lipinski definition) is 5.